The minimum atomic E-state index is -0.495. The number of benzene rings is 1. The Morgan fingerprint density at radius 1 is 1.47 bits per heavy atom. The highest BCUT2D eigenvalue weighted by atomic mass is 35.5. The molecule has 3 nitrogen and oxygen atoms in total. The highest BCUT2D eigenvalue weighted by Crippen LogP contribution is 2.33. The van der Waals surface area contributed by atoms with Crippen molar-refractivity contribution in [1.82, 2.24) is 0 Å². The van der Waals surface area contributed by atoms with Crippen LogP contribution in [0.5, 0.6) is 0 Å². The fraction of sp³-hybridized carbons (Fsp3) is 0.462. The first kappa shape index (κ1) is 12.4. The molecule has 92 valence electrons. The van der Waals surface area contributed by atoms with Gasteiger partial charge in [-0.15, -0.1) is 0 Å². The number of ether oxygens (including phenoxy) is 1. The molecule has 4 heteroatoms. The van der Waals surface area contributed by atoms with Crippen molar-refractivity contribution in [3.05, 3.63) is 34.9 Å². The lowest BCUT2D eigenvalue weighted by Crippen LogP contribution is -2.32. The summed E-state index contributed by atoms with van der Waals surface area (Å²) in [6, 6.07) is 6.81. The molecule has 1 saturated carbocycles. The first-order valence-corrected chi connectivity index (χ1v) is 6.20. The van der Waals surface area contributed by atoms with Crippen molar-refractivity contribution in [2.45, 2.75) is 31.9 Å². The van der Waals surface area contributed by atoms with E-state index in [0.717, 1.165) is 12.0 Å². The van der Waals surface area contributed by atoms with Gasteiger partial charge in [-0.3, -0.25) is 4.79 Å². The zero-order valence-corrected chi connectivity index (χ0v) is 10.3. The van der Waals surface area contributed by atoms with Crippen molar-refractivity contribution in [2.24, 2.45) is 11.7 Å². The van der Waals surface area contributed by atoms with Crippen LogP contribution in [0, 0.1) is 5.92 Å². The molecule has 1 aliphatic rings. The maximum atomic E-state index is 11.6. The summed E-state index contributed by atoms with van der Waals surface area (Å²) in [5.74, 6) is 0.287. The van der Waals surface area contributed by atoms with Crippen LogP contribution in [-0.2, 0) is 16.1 Å². The molecule has 0 bridgehead atoms. The molecule has 0 amide bonds. The van der Waals surface area contributed by atoms with Crippen LogP contribution in [0.25, 0.3) is 0 Å². The van der Waals surface area contributed by atoms with Crippen LogP contribution >= 0.6 is 11.6 Å². The smallest absolute Gasteiger partial charge is 0.323 e. The highest BCUT2D eigenvalue weighted by Gasteiger charge is 2.27. The van der Waals surface area contributed by atoms with E-state index in [-0.39, 0.29) is 12.6 Å². The molecular weight excluding hydrogens is 238 g/mol. The average Bonchev–Trinajstić information content (AvgIpc) is 3.11. The van der Waals surface area contributed by atoms with Crippen LogP contribution in [0.3, 0.4) is 0 Å². The number of nitrogens with two attached hydrogens (primary N) is 1. The maximum absolute atomic E-state index is 11.6. The topological polar surface area (TPSA) is 52.3 Å². The first-order chi connectivity index (χ1) is 8.16. The quantitative estimate of drug-likeness (QED) is 0.821. The van der Waals surface area contributed by atoms with Crippen LogP contribution in [0.4, 0.5) is 0 Å². The molecule has 1 aliphatic carbocycles. The van der Waals surface area contributed by atoms with E-state index in [2.05, 4.69) is 0 Å². The Balaban J connectivity index is 1.80. The number of halogens is 1. The molecule has 0 heterocycles. The van der Waals surface area contributed by atoms with Gasteiger partial charge in [0.2, 0.25) is 0 Å². The van der Waals surface area contributed by atoms with Gasteiger partial charge < -0.3 is 10.5 Å². The van der Waals surface area contributed by atoms with Crippen molar-refractivity contribution in [3.63, 3.8) is 0 Å². The first-order valence-electron chi connectivity index (χ1n) is 5.82. The van der Waals surface area contributed by atoms with Crippen LogP contribution in [-0.4, -0.2) is 12.0 Å². The Morgan fingerprint density at radius 3 is 2.82 bits per heavy atom. The van der Waals surface area contributed by atoms with Gasteiger partial charge in [-0.25, -0.2) is 0 Å². The lowest BCUT2D eigenvalue weighted by molar-refractivity contribution is -0.146. The van der Waals surface area contributed by atoms with Crippen LogP contribution in [0.2, 0.25) is 5.02 Å². The van der Waals surface area contributed by atoms with Gasteiger partial charge in [0.15, 0.2) is 0 Å². The number of rotatable bonds is 5. The molecule has 0 unspecified atom stereocenters. The summed E-state index contributed by atoms with van der Waals surface area (Å²) >= 11 is 5.96. The SMILES string of the molecule is N[C@@H](CC1CC1)C(=O)OCc1ccccc1Cl. The molecule has 0 aromatic heterocycles. The van der Waals surface area contributed by atoms with E-state index in [9.17, 15) is 4.79 Å². The summed E-state index contributed by atoms with van der Waals surface area (Å²) in [6.45, 7) is 0.191. The van der Waals surface area contributed by atoms with Crippen molar-refractivity contribution < 1.29 is 9.53 Å². The maximum Gasteiger partial charge on any atom is 0.323 e. The van der Waals surface area contributed by atoms with Crippen molar-refractivity contribution >= 4 is 17.6 Å². The predicted octanol–water partition coefficient (Wildman–Crippen LogP) is 2.51. The monoisotopic (exact) mass is 253 g/mol. The van der Waals surface area contributed by atoms with Gasteiger partial charge in [-0.2, -0.15) is 0 Å². The van der Waals surface area contributed by atoms with E-state index < -0.39 is 6.04 Å². The minimum Gasteiger partial charge on any atom is -0.460 e. The summed E-state index contributed by atoms with van der Waals surface area (Å²) in [7, 11) is 0. The largest absolute Gasteiger partial charge is 0.460 e. The van der Waals surface area contributed by atoms with Crippen molar-refractivity contribution in [1.29, 1.82) is 0 Å². The molecule has 2 rings (SSSR count). The van der Waals surface area contributed by atoms with E-state index in [1.54, 1.807) is 6.07 Å². The van der Waals surface area contributed by atoms with Crippen LogP contribution in [0.1, 0.15) is 24.8 Å². The van der Waals surface area contributed by atoms with Gasteiger partial charge in [-0.1, -0.05) is 42.6 Å². The summed E-state index contributed by atoms with van der Waals surface area (Å²) in [4.78, 5) is 11.6. The van der Waals surface area contributed by atoms with Gasteiger partial charge in [0.05, 0.1) is 0 Å². The molecular formula is C13H16ClNO2. The third-order valence-corrected chi connectivity index (χ3v) is 3.28. The van der Waals surface area contributed by atoms with Gasteiger partial charge in [0, 0.05) is 10.6 Å². The molecule has 1 aromatic rings. The Hall–Kier alpha value is -1.06. The van der Waals surface area contributed by atoms with Gasteiger partial charge in [0.25, 0.3) is 0 Å². The van der Waals surface area contributed by atoms with Crippen LogP contribution < -0.4 is 5.73 Å². The highest BCUT2D eigenvalue weighted by molar-refractivity contribution is 6.31. The number of hydrogen-bond acceptors (Lipinski definition) is 3. The Kier molecular flexibility index (Phi) is 4.02. The molecule has 1 aromatic carbocycles. The number of esters is 1. The minimum absolute atomic E-state index is 0.191. The van der Waals surface area contributed by atoms with Crippen molar-refractivity contribution in [2.75, 3.05) is 0 Å². The predicted molar refractivity (Wildman–Crippen MR) is 66.6 cm³/mol. The number of hydrogen-bond donors (Lipinski definition) is 1. The third-order valence-electron chi connectivity index (χ3n) is 2.91. The molecule has 0 saturated heterocycles. The Morgan fingerprint density at radius 2 is 2.18 bits per heavy atom. The second-order valence-electron chi connectivity index (χ2n) is 4.48. The summed E-state index contributed by atoms with van der Waals surface area (Å²) < 4.78 is 5.15. The number of carbonyl (C=O) groups excluding carboxylic acids is 1. The average molecular weight is 254 g/mol. The molecule has 17 heavy (non-hydrogen) atoms. The zero-order chi connectivity index (χ0) is 12.3. The summed E-state index contributed by atoms with van der Waals surface area (Å²) in [5, 5.41) is 0.607. The lowest BCUT2D eigenvalue weighted by atomic mass is 10.1. The molecule has 1 atom stereocenters. The summed E-state index contributed by atoms with van der Waals surface area (Å²) in [6.07, 6.45) is 3.11. The second kappa shape index (κ2) is 5.52. The van der Waals surface area contributed by atoms with Gasteiger partial charge in [-0.05, 0) is 18.4 Å². The lowest BCUT2D eigenvalue weighted by Gasteiger charge is -2.11. The molecule has 0 aliphatic heterocycles. The molecule has 1 fully saturated rings. The Labute approximate surface area is 106 Å². The second-order valence-corrected chi connectivity index (χ2v) is 4.89. The van der Waals surface area contributed by atoms with Crippen molar-refractivity contribution in [3.8, 4) is 0 Å². The zero-order valence-electron chi connectivity index (χ0n) is 9.56. The standard InChI is InChI=1S/C13H16ClNO2/c14-11-4-2-1-3-10(11)8-17-13(16)12(15)7-9-5-6-9/h1-4,9,12H,5-8,15H2/t12-/m0/s1. The van der Waals surface area contributed by atoms with Crippen LogP contribution in [0.15, 0.2) is 24.3 Å². The van der Waals surface area contributed by atoms with E-state index in [1.807, 2.05) is 18.2 Å². The van der Waals surface area contributed by atoms with E-state index in [0.29, 0.717) is 10.9 Å². The van der Waals surface area contributed by atoms with Gasteiger partial charge >= 0.3 is 5.97 Å². The van der Waals surface area contributed by atoms with E-state index >= 15 is 0 Å². The number of carbonyl (C=O) groups is 1. The molecule has 0 spiro atoms. The Bertz CT molecular complexity index is 404. The fourth-order valence-corrected chi connectivity index (χ4v) is 1.87. The van der Waals surface area contributed by atoms with Gasteiger partial charge in [0.1, 0.15) is 12.6 Å². The third kappa shape index (κ3) is 3.72. The normalized spacial score (nSPS) is 16.6. The van der Waals surface area contributed by atoms with E-state index in [4.69, 9.17) is 22.1 Å². The molecule has 0 radical (unpaired) electrons. The fourth-order valence-electron chi connectivity index (χ4n) is 1.68. The molecule has 2 N–H and O–H groups in total. The van der Waals surface area contributed by atoms with E-state index in [1.165, 1.54) is 12.8 Å². The summed E-state index contributed by atoms with van der Waals surface area (Å²) in [5.41, 5.74) is 6.56.